The number of anilines is 3. The Morgan fingerprint density at radius 1 is 0.595 bits per heavy atom. The Morgan fingerprint density at radius 2 is 1.14 bits per heavy atom. The molecule has 0 heterocycles. The fourth-order valence-electron chi connectivity index (χ4n) is 6.07. The quantitative estimate of drug-likeness (QED) is 0.188. The molecule has 0 unspecified atom stereocenters. The molecule has 0 radical (unpaired) electrons. The molecule has 1 aliphatic rings. The fraction of sp³-hybridized carbons (Fsp3) is 0.211. The minimum Gasteiger partial charge on any atom is -0.410 e. The lowest BCUT2D eigenvalue weighted by atomic mass is 9.78. The number of hydrogen-bond donors (Lipinski definition) is 0. The van der Waals surface area contributed by atoms with Crippen LogP contribution in [0.15, 0.2) is 121 Å². The lowest BCUT2D eigenvalue weighted by molar-refractivity contribution is 0.0982. The standard InChI is InChI=1S/C38H38BNO2/c1-37(2,3)42-39(41-6)29-18-22-31(23-19-29)40(30-20-16-28(17-21-30)27-12-8-7-9-13-27)32-24-25-34-33-14-10-11-15-35(33)38(4,5)36(34)26-32/h7-26H,1-6H3. The zero-order valence-corrected chi connectivity index (χ0v) is 25.4. The number of fused-ring (bicyclic) bond motifs is 3. The van der Waals surface area contributed by atoms with E-state index in [0.717, 1.165) is 22.5 Å². The van der Waals surface area contributed by atoms with Crippen LogP contribution >= 0.6 is 0 Å². The van der Waals surface area contributed by atoms with E-state index < -0.39 is 7.12 Å². The second-order valence-electron chi connectivity index (χ2n) is 12.5. The third-order valence-electron chi connectivity index (χ3n) is 8.16. The second kappa shape index (κ2) is 10.9. The lowest BCUT2D eigenvalue weighted by Crippen LogP contribution is -2.41. The first-order valence-electron chi connectivity index (χ1n) is 14.7. The normalized spacial score (nSPS) is 13.4. The summed E-state index contributed by atoms with van der Waals surface area (Å²) in [7, 11) is 1.26. The van der Waals surface area contributed by atoms with Gasteiger partial charge in [0.15, 0.2) is 0 Å². The van der Waals surface area contributed by atoms with Gasteiger partial charge in [-0.05, 0) is 96.0 Å². The number of benzene rings is 5. The van der Waals surface area contributed by atoms with Gasteiger partial charge in [0, 0.05) is 35.2 Å². The minimum atomic E-state index is -0.433. The van der Waals surface area contributed by atoms with Crippen LogP contribution < -0.4 is 10.4 Å². The molecule has 6 rings (SSSR count). The van der Waals surface area contributed by atoms with Crippen LogP contribution in [0.1, 0.15) is 45.7 Å². The van der Waals surface area contributed by atoms with Crippen LogP contribution in [0.4, 0.5) is 17.1 Å². The monoisotopic (exact) mass is 551 g/mol. The van der Waals surface area contributed by atoms with E-state index in [0.29, 0.717) is 0 Å². The van der Waals surface area contributed by atoms with Crippen LogP contribution in [0.3, 0.4) is 0 Å². The summed E-state index contributed by atoms with van der Waals surface area (Å²) >= 11 is 0. The lowest BCUT2D eigenvalue weighted by Gasteiger charge is -2.29. The SMILES string of the molecule is COB(OC(C)(C)C)c1ccc(N(c2ccc(-c3ccccc3)cc2)c2ccc3c(c2)C(C)(C)c2ccccc2-3)cc1. The highest BCUT2D eigenvalue weighted by Gasteiger charge is 2.35. The van der Waals surface area contributed by atoms with Gasteiger partial charge in [-0.3, -0.25) is 0 Å². The van der Waals surface area contributed by atoms with Crippen LogP contribution in [0, 0.1) is 0 Å². The van der Waals surface area contributed by atoms with Crippen molar-refractivity contribution in [3.8, 4) is 22.3 Å². The Labute approximate surface area is 250 Å². The van der Waals surface area contributed by atoms with E-state index >= 15 is 0 Å². The summed E-state index contributed by atoms with van der Waals surface area (Å²) < 4.78 is 11.9. The smallest absolute Gasteiger partial charge is 0.410 e. The topological polar surface area (TPSA) is 21.7 Å². The van der Waals surface area contributed by atoms with E-state index in [1.165, 1.54) is 33.4 Å². The van der Waals surface area contributed by atoms with Crippen molar-refractivity contribution in [1.29, 1.82) is 0 Å². The molecular weight excluding hydrogens is 513 g/mol. The van der Waals surface area contributed by atoms with Gasteiger partial charge in [0.1, 0.15) is 0 Å². The highest BCUT2D eigenvalue weighted by Crippen LogP contribution is 2.50. The van der Waals surface area contributed by atoms with Gasteiger partial charge < -0.3 is 14.2 Å². The molecule has 0 saturated heterocycles. The summed E-state index contributed by atoms with van der Waals surface area (Å²) in [5.74, 6) is 0. The maximum atomic E-state index is 6.17. The van der Waals surface area contributed by atoms with Crippen LogP contribution in [0.2, 0.25) is 0 Å². The molecule has 5 aromatic rings. The van der Waals surface area contributed by atoms with Crippen LogP contribution in [0.5, 0.6) is 0 Å². The summed E-state index contributed by atoms with van der Waals surface area (Å²) in [5, 5.41) is 0. The third-order valence-corrected chi connectivity index (χ3v) is 8.16. The Balaban J connectivity index is 1.43. The van der Waals surface area contributed by atoms with Crippen molar-refractivity contribution in [2.45, 2.75) is 45.6 Å². The second-order valence-corrected chi connectivity index (χ2v) is 12.5. The predicted octanol–water partition coefficient (Wildman–Crippen LogP) is 9.29. The van der Waals surface area contributed by atoms with Gasteiger partial charge in [-0.25, -0.2) is 0 Å². The van der Waals surface area contributed by atoms with Gasteiger partial charge in [0.25, 0.3) is 0 Å². The van der Waals surface area contributed by atoms with E-state index in [1.54, 1.807) is 7.11 Å². The molecule has 0 saturated carbocycles. The van der Waals surface area contributed by atoms with Crippen LogP contribution in [-0.4, -0.2) is 19.8 Å². The molecule has 0 aromatic heterocycles. The molecule has 0 spiro atoms. The zero-order chi connectivity index (χ0) is 29.5. The molecule has 0 N–H and O–H groups in total. The van der Waals surface area contributed by atoms with Crippen LogP contribution in [0.25, 0.3) is 22.3 Å². The molecule has 42 heavy (non-hydrogen) atoms. The first kappa shape index (κ1) is 28.0. The zero-order valence-electron chi connectivity index (χ0n) is 25.4. The van der Waals surface area contributed by atoms with E-state index in [9.17, 15) is 0 Å². The molecular formula is C38H38BNO2. The predicted molar refractivity (Wildman–Crippen MR) is 177 cm³/mol. The number of nitrogens with zero attached hydrogens (tertiary/aromatic N) is 1. The van der Waals surface area contributed by atoms with E-state index in [2.05, 4.69) is 140 Å². The fourth-order valence-corrected chi connectivity index (χ4v) is 6.07. The van der Waals surface area contributed by atoms with Gasteiger partial charge in [-0.2, -0.15) is 0 Å². The van der Waals surface area contributed by atoms with Crippen LogP contribution in [-0.2, 0) is 14.7 Å². The number of rotatable bonds is 7. The highest BCUT2D eigenvalue weighted by atomic mass is 16.6. The first-order valence-corrected chi connectivity index (χ1v) is 14.7. The summed E-state index contributed by atoms with van der Waals surface area (Å²) in [6.07, 6.45) is 0. The maximum Gasteiger partial charge on any atom is 0.494 e. The molecule has 0 amide bonds. The van der Waals surface area contributed by atoms with Gasteiger partial charge in [0.2, 0.25) is 0 Å². The van der Waals surface area contributed by atoms with E-state index in [1.807, 2.05) is 20.8 Å². The summed E-state index contributed by atoms with van der Waals surface area (Å²) in [5.41, 5.74) is 11.7. The van der Waals surface area contributed by atoms with Crippen molar-refractivity contribution in [3.05, 3.63) is 132 Å². The average Bonchev–Trinajstić information content (AvgIpc) is 3.23. The van der Waals surface area contributed by atoms with Crippen molar-refractivity contribution >= 4 is 29.6 Å². The molecule has 0 atom stereocenters. The van der Waals surface area contributed by atoms with Crippen molar-refractivity contribution in [3.63, 3.8) is 0 Å². The van der Waals surface area contributed by atoms with Gasteiger partial charge in [-0.1, -0.05) is 98.8 Å². The molecule has 0 fully saturated rings. The van der Waals surface area contributed by atoms with E-state index in [4.69, 9.17) is 9.31 Å². The molecule has 3 nitrogen and oxygen atoms in total. The largest absolute Gasteiger partial charge is 0.494 e. The maximum absolute atomic E-state index is 6.17. The van der Waals surface area contributed by atoms with Gasteiger partial charge in [-0.15, -0.1) is 0 Å². The third kappa shape index (κ3) is 5.29. The van der Waals surface area contributed by atoms with Crippen molar-refractivity contribution in [2.24, 2.45) is 0 Å². The Bertz CT molecular complexity index is 1690. The molecule has 1 aliphatic carbocycles. The van der Waals surface area contributed by atoms with Crippen molar-refractivity contribution in [1.82, 2.24) is 0 Å². The molecule has 0 aliphatic heterocycles. The first-order chi connectivity index (χ1) is 20.2. The molecule has 4 heteroatoms. The number of hydrogen-bond acceptors (Lipinski definition) is 3. The van der Waals surface area contributed by atoms with E-state index in [-0.39, 0.29) is 11.0 Å². The van der Waals surface area contributed by atoms with Gasteiger partial charge in [0.05, 0.1) is 0 Å². The molecule has 0 bridgehead atoms. The Morgan fingerprint density at radius 3 is 1.79 bits per heavy atom. The average molecular weight is 552 g/mol. The molecule has 210 valence electrons. The summed E-state index contributed by atoms with van der Waals surface area (Å²) in [6, 6.07) is 43.6. The van der Waals surface area contributed by atoms with Gasteiger partial charge >= 0.3 is 7.12 Å². The highest BCUT2D eigenvalue weighted by molar-refractivity contribution is 6.61. The minimum absolute atomic E-state index is 0.0788. The Kier molecular flexibility index (Phi) is 7.30. The van der Waals surface area contributed by atoms with Crippen molar-refractivity contribution < 1.29 is 9.31 Å². The summed E-state index contributed by atoms with van der Waals surface area (Å²) in [4.78, 5) is 2.34. The van der Waals surface area contributed by atoms with Crippen molar-refractivity contribution in [2.75, 3.05) is 12.0 Å². The Hall–Kier alpha value is -4.12. The molecule has 5 aromatic carbocycles. The summed E-state index contributed by atoms with van der Waals surface area (Å²) in [6.45, 7) is 10.8.